The molecule has 0 spiro atoms. The lowest BCUT2D eigenvalue weighted by atomic mass is 10.00. The topological polar surface area (TPSA) is 124 Å². The molecule has 2 heterocycles. The van der Waals surface area contributed by atoms with Crippen LogP contribution in [0, 0.1) is 6.92 Å². The first-order valence-electron chi connectivity index (χ1n) is 11.3. The number of aliphatic hydroxyl groups excluding tert-OH is 1. The molecule has 0 aliphatic rings. The van der Waals surface area contributed by atoms with Gasteiger partial charge in [0.25, 0.3) is 11.8 Å². The van der Waals surface area contributed by atoms with E-state index in [4.69, 9.17) is 0 Å². The minimum absolute atomic E-state index is 0.0906. The van der Waals surface area contributed by atoms with Gasteiger partial charge < -0.3 is 20.7 Å². The van der Waals surface area contributed by atoms with Crippen molar-refractivity contribution in [3.8, 4) is 0 Å². The molecule has 178 valence electrons. The first-order chi connectivity index (χ1) is 16.9. The Morgan fingerprint density at radius 2 is 1.71 bits per heavy atom. The number of nitrogens with one attached hydrogen (secondary N) is 3. The van der Waals surface area contributed by atoms with Crippen LogP contribution in [0.15, 0.2) is 83.8 Å². The van der Waals surface area contributed by atoms with Gasteiger partial charge >= 0.3 is 0 Å². The summed E-state index contributed by atoms with van der Waals surface area (Å²) in [6, 6.07) is 20.6. The highest BCUT2D eigenvalue weighted by Crippen LogP contribution is 2.13. The van der Waals surface area contributed by atoms with Crippen molar-refractivity contribution in [1.29, 1.82) is 0 Å². The number of carbonyl (C=O) groups excluding carboxylic acids is 2. The second-order valence-electron chi connectivity index (χ2n) is 8.25. The number of pyridine rings is 2. The molecule has 0 aliphatic carbocycles. The average Bonchev–Trinajstić information content (AvgIpc) is 2.89. The number of aromatic nitrogens is 2. The van der Waals surface area contributed by atoms with Gasteiger partial charge in [-0.15, -0.1) is 0 Å². The Labute approximate surface area is 202 Å². The summed E-state index contributed by atoms with van der Waals surface area (Å²) < 4.78 is 0. The smallest absolute Gasteiger partial charge is 0.268 e. The molecule has 0 unspecified atom stereocenters. The van der Waals surface area contributed by atoms with E-state index in [2.05, 4.69) is 20.6 Å². The lowest BCUT2D eigenvalue weighted by Crippen LogP contribution is -2.52. The van der Waals surface area contributed by atoms with Gasteiger partial charge in [0, 0.05) is 22.7 Å². The molecule has 8 heteroatoms. The second-order valence-corrected chi connectivity index (χ2v) is 8.25. The molecular formula is C27H26N4O4. The van der Waals surface area contributed by atoms with Crippen molar-refractivity contribution in [2.45, 2.75) is 32.0 Å². The Hall–Kier alpha value is -4.30. The second kappa shape index (κ2) is 10.8. The Balaban J connectivity index is 1.57. The Morgan fingerprint density at radius 1 is 1.00 bits per heavy atom. The zero-order chi connectivity index (χ0) is 24.8. The van der Waals surface area contributed by atoms with Crippen LogP contribution in [0.4, 0.5) is 0 Å². The van der Waals surface area contributed by atoms with E-state index in [-0.39, 0.29) is 29.7 Å². The zero-order valence-corrected chi connectivity index (χ0v) is 19.2. The standard InChI is InChI=1S/C27H26N4O4/c1-17-23(30-21-13-6-5-12-20(21)24(17)32)26(34)31-22(15-18-9-3-2-4-10-18)25(33)27(35)29-16-19-11-7-8-14-28-19/h2-14,22,25,33H,15-16H2,1H3,(H,29,35)(H,30,32)(H,31,34)/t22-,25+/m0/s1. The maximum absolute atomic E-state index is 13.2. The molecule has 4 aromatic rings. The van der Waals surface area contributed by atoms with Gasteiger partial charge in [-0.3, -0.25) is 19.4 Å². The third-order valence-electron chi connectivity index (χ3n) is 5.81. The van der Waals surface area contributed by atoms with Crippen molar-refractivity contribution >= 4 is 22.7 Å². The fourth-order valence-corrected chi connectivity index (χ4v) is 3.88. The third kappa shape index (κ3) is 5.62. The number of amides is 2. The van der Waals surface area contributed by atoms with Crippen LogP contribution in [0.1, 0.15) is 27.3 Å². The van der Waals surface area contributed by atoms with Gasteiger partial charge in [0.1, 0.15) is 5.69 Å². The number of rotatable bonds is 8. The SMILES string of the molecule is Cc1c(C(=O)N[C@@H](Cc2ccccc2)[C@@H](O)C(=O)NCc2ccccn2)[nH]c2ccccc2c1=O. The summed E-state index contributed by atoms with van der Waals surface area (Å²) in [4.78, 5) is 45.9. The molecule has 2 atom stereocenters. The van der Waals surface area contributed by atoms with Gasteiger partial charge in [-0.2, -0.15) is 0 Å². The molecule has 2 aromatic heterocycles. The Bertz CT molecular complexity index is 1390. The summed E-state index contributed by atoms with van der Waals surface area (Å²) in [7, 11) is 0. The van der Waals surface area contributed by atoms with Crippen LogP contribution < -0.4 is 16.1 Å². The van der Waals surface area contributed by atoms with Gasteiger partial charge in [0.15, 0.2) is 11.5 Å². The maximum Gasteiger partial charge on any atom is 0.268 e. The summed E-state index contributed by atoms with van der Waals surface area (Å²) in [5, 5.41) is 16.8. The zero-order valence-electron chi connectivity index (χ0n) is 19.2. The number of benzene rings is 2. The molecule has 0 aliphatic heterocycles. The van der Waals surface area contributed by atoms with Crippen LogP contribution in [-0.2, 0) is 17.8 Å². The molecule has 0 radical (unpaired) electrons. The highest BCUT2D eigenvalue weighted by Gasteiger charge is 2.29. The highest BCUT2D eigenvalue weighted by atomic mass is 16.3. The van der Waals surface area contributed by atoms with Crippen LogP contribution in [-0.4, -0.2) is 39.0 Å². The molecule has 2 aromatic carbocycles. The van der Waals surface area contributed by atoms with Gasteiger partial charge in [-0.05, 0) is 43.2 Å². The van der Waals surface area contributed by atoms with E-state index in [1.54, 1.807) is 55.6 Å². The molecule has 0 saturated heterocycles. The molecule has 35 heavy (non-hydrogen) atoms. The molecule has 0 fully saturated rings. The van der Waals surface area contributed by atoms with E-state index in [0.717, 1.165) is 5.56 Å². The molecule has 4 N–H and O–H groups in total. The van der Waals surface area contributed by atoms with Crippen LogP contribution in [0.5, 0.6) is 0 Å². The molecule has 0 saturated carbocycles. The average molecular weight is 471 g/mol. The Morgan fingerprint density at radius 3 is 2.46 bits per heavy atom. The summed E-state index contributed by atoms with van der Waals surface area (Å²) in [6.07, 6.45) is 0.292. The van der Waals surface area contributed by atoms with Gasteiger partial charge in [-0.25, -0.2) is 0 Å². The predicted octanol–water partition coefficient (Wildman–Crippen LogP) is 2.25. The number of nitrogens with zero attached hydrogens (tertiary/aromatic N) is 1. The third-order valence-corrected chi connectivity index (χ3v) is 5.81. The number of H-pyrrole nitrogens is 1. The monoisotopic (exact) mass is 470 g/mol. The number of para-hydroxylation sites is 1. The predicted molar refractivity (Wildman–Crippen MR) is 133 cm³/mol. The first-order valence-corrected chi connectivity index (χ1v) is 11.3. The van der Waals surface area contributed by atoms with Crippen LogP contribution >= 0.6 is 0 Å². The van der Waals surface area contributed by atoms with Crippen molar-refractivity contribution in [3.63, 3.8) is 0 Å². The molecular weight excluding hydrogens is 444 g/mol. The molecule has 2 amide bonds. The summed E-state index contributed by atoms with van der Waals surface area (Å²) in [6.45, 7) is 1.71. The van der Waals surface area contributed by atoms with Crippen molar-refractivity contribution in [2.24, 2.45) is 0 Å². The van der Waals surface area contributed by atoms with Crippen LogP contribution in [0.3, 0.4) is 0 Å². The number of hydrogen-bond acceptors (Lipinski definition) is 5. The van der Waals surface area contributed by atoms with E-state index < -0.39 is 24.0 Å². The van der Waals surface area contributed by atoms with Crippen LogP contribution in [0.25, 0.3) is 10.9 Å². The summed E-state index contributed by atoms with van der Waals surface area (Å²) in [5.74, 6) is -1.22. The molecule has 0 bridgehead atoms. The van der Waals surface area contributed by atoms with Gasteiger partial charge in [0.2, 0.25) is 0 Å². The van der Waals surface area contributed by atoms with E-state index in [1.807, 2.05) is 30.3 Å². The fourth-order valence-electron chi connectivity index (χ4n) is 3.88. The Kier molecular flexibility index (Phi) is 7.32. The lowest BCUT2D eigenvalue weighted by molar-refractivity contribution is -0.130. The van der Waals surface area contributed by atoms with Gasteiger partial charge in [0.05, 0.1) is 18.3 Å². The summed E-state index contributed by atoms with van der Waals surface area (Å²) >= 11 is 0. The number of hydrogen-bond donors (Lipinski definition) is 4. The largest absolute Gasteiger partial charge is 0.381 e. The fraction of sp³-hybridized carbons (Fsp3) is 0.185. The van der Waals surface area contributed by atoms with Crippen molar-refractivity contribution < 1.29 is 14.7 Å². The maximum atomic E-state index is 13.2. The highest BCUT2D eigenvalue weighted by molar-refractivity contribution is 5.97. The van der Waals surface area contributed by atoms with Gasteiger partial charge in [-0.1, -0.05) is 48.5 Å². The number of aromatic amines is 1. The summed E-state index contributed by atoms with van der Waals surface area (Å²) in [5.41, 5.74) is 2.10. The number of aliphatic hydroxyl groups is 1. The normalized spacial score (nSPS) is 12.6. The van der Waals surface area contributed by atoms with E-state index >= 15 is 0 Å². The number of carbonyl (C=O) groups is 2. The van der Waals surface area contributed by atoms with Crippen molar-refractivity contribution in [2.75, 3.05) is 0 Å². The van der Waals surface area contributed by atoms with Crippen molar-refractivity contribution in [1.82, 2.24) is 20.6 Å². The van der Waals surface area contributed by atoms with Crippen LogP contribution in [0.2, 0.25) is 0 Å². The first kappa shape index (κ1) is 23.8. The molecule has 8 nitrogen and oxygen atoms in total. The lowest BCUT2D eigenvalue weighted by Gasteiger charge is -2.24. The van der Waals surface area contributed by atoms with E-state index in [9.17, 15) is 19.5 Å². The van der Waals surface area contributed by atoms with E-state index in [0.29, 0.717) is 16.6 Å². The van der Waals surface area contributed by atoms with E-state index in [1.165, 1.54) is 0 Å². The number of fused-ring (bicyclic) bond motifs is 1. The molecule has 4 rings (SSSR count). The van der Waals surface area contributed by atoms with Crippen molar-refractivity contribution in [3.05, 3.63) is 112 Å². The minimum atomic E-state index is -1.53. The quantitative estimate of drug-likeness (QED) is 0.314. The minimum Gasteiger partial charge on any atom is -0.381 e.